The fourth-order valence-electron chi connectivity index (χ4n) is 3.10. The lowest BCUT2D eigenvalue weighted by Crippen LogP contribution is -2.18. The maximum Gasteiger partial charge on any atom is 0.224 e. The van der Waals surface area contributed by atoms with E-state index in [2.05, 4.69) is 10.6 Å². The third-order valence-electron chi connectivity index (χ3n) is 4.58. The van der Waals surface area contributed by atoms with E-state index in [1.165, 1.54) is 19.1 Å². The lowest BCUT2D eigenvalue weighted by Gasteiger charge is -2.17. The van der Waals surface area contributed by atoms with Gasteiger partial charge >= 0.3 is 0 Å². The van der Waals surface area contributed by atoms with E-state index in [1.807, 2.05) is 12.1 Å². The summed E-state index contributed by atoms with van der Waals surface area (Å²) in [6, 6.07) is 11.7. The van der Waals surface area contributed by atoms with Gasteiger partial charge in [0.2, 0.25) is 11.8 Å². The number of unbranched alkanes of at least 4 members (excludes halogenated alkanes) is 1. The fourth-order valence-corrected chi connectivity index (χ4v) is 4.47. The topological polar surface area (TPSA) is 102 Å². The van der Waals surface area contributed by atoms with Crippen LogP contribution in [0.1, 0.15) is 31.7 Å². The van der Waals surface area contributed by atoms with E-state index in [9.17, 15) is 18.0 Å². The van der Waals surface area contributed by atoms with Crippen LogP contribution in [-0.4, -0.2) is 32.6 Å². The summed E-state index contributed by atoms with van der Waals surface area (Å²) in [4.78, 5) is 22.7. The molecule has 0 spiro atoms. The SMILES string of the molecule is CC(=O)Nc1ccc(S(=O)(=O)CCCCOc2ccc3c(c2)CCC(=O)N3)cc1. The minimum Gasteiger partial charge on any atom is -0.494 e. The van der Waals surface area contributed by atoms with Gasteiger partial charge in [0.25, 0.3) is 0 Å². The van der Waals surface area contributed by atoms with E-state index in [0.29, 0.717) is 38.0 Å². The predicted octanol–water partition coefficient (Wildman–Crippen LogP) is 3.16. The van der Waals surface area contributed by atoms with Crippen LogP contribution in [0.15, 0.2) is 47.4 Å². The highest BCUT2D eigenvalue weighted by atomic mass is 32.2. The number of carbonyl (C=O) groups excluding carboxylic acids is 2. The van der Waals surface area contributed by atoms with Crippen LogP contribution in [0.25, 0.3) is 0 Å². The van der Waals surface area contributed by atoms with Crippen LogP contribution >= 0.6 is 0 Å². The van der Waals surface area contributed by atoms with E-state index in [-0.39, 0.29) is 22.5 Å². The Morgan fingerprint density at radius 1 is 1.10 bits per heavy atom. The Labute approximate surface area is 170 Å². The minimum absolute atomic E-state index is 0.0251. The molecule has 2 N–H and O–H groups in total. The van der Waals surface area contributed by atoms with Gasteiger partial charge in [-0.3, -0.25) is 9.59 Å². The average Bonchev–Trinajstić information content (AvgIpc) is 2.67. The van der Waals surface area contributed by atoms with Gasteiger partial charge in [0.1, 0.15) is 5.75 Å². The van der Waals surface area contributed by atoms with Gasteiger partial charge in [-0.1, -0.05) is 0 Å². The van der Waals surface area contributed by atoms with E-state index in [4.69, 9.17) is 4.74 Å². The molecule has 0 bridgehead atoms. The number of hydrogen-bond donors (Lipinski definition) is 2. The van der Waals surface area contributed by atoms with Crippen LogP contribution in [0.2, 0.25) is 0 Å². The number of carbonyl (C=O) groups is 2. The van der Waals surface area contributed by atoms with E-state index < -0.39 is 9.84 Å². The number of rotatable bonds is 8. The number of anilines is 2. The molecule has 0 saturated heterocycles. The van der Waals surface area contributed by atoms with Gasteiger partial charge in [-0.15, -0.1) is 0 Å². The third kappa shape index (κ3) is 5.80. The number of amides is 2. The first-order valence-electron chi connectivity index (χ1n) is 9.49. The van der Waals surface area contributed by atoms with Crippen molar-refractivity contribution in [3.63, 3.8) is 0 Å². The molecule has 1 heterocycles. The highest BCUT2D eigenvalue weighted by Gasteiger charge is 2.16. The molecule has 154 valence electrons. The first-order valence-corrected chi connectivity index (χ1v) is 11.1. The summed E-state index contributed by atoms with van der Waals surface area (Å²) in [6.07, 6.45) is 2.26. The van der Waals surface area contributed by atoms with Gasteiger partial charge < -0.3 is 15.4 Å². The van der Waals surface area contributed by atoms with Crippen molar-refractivity contribution in [3.05, 3.63) is 48.0 Å². The van der Waals surface area contributed by atoms with Crippen molar-refractivity contribution in [2.24, 2.45) is 0 Å². The molecule has 2 aromatic carbocycles. The van der Waals surface area contributed by atoms with Crippen LogP contribution in [-0.2, 0) is 25.8 Å². The molecule has 1 aliphatic rings. The van der Waals surface area contributed by atoms with Gasteiger partial charge in [0.15, 0.2) is 9.84 Å². The Bertz CT molecular complexity index is 1000. The molecule has 7 nitrogen and oxygen atoms in total. The van der Waals surface area contributed by atoms with Gasteiger partial charge in [0, 0.05) is 24.7 Å². The summed E-state index contributed by atoms with van der Waals surface area (Å²) in [5.41, 5.74) is 2.44. The second-order valence-electron chi connectivity index (χ2n) is 6.95. The molecule has 0 atom stereocenters. The molecule has 0 saturated carbocycles. The summed E-state index contributed by atoms with van der Waals surface area (Å²) >= 11 is 0. The standard InChI is InChI=1S/C21H24N2O5S/c1-15(24)22-17-5-8-19(9-6-17)29(26,27)13-3-2-12-28-18-7-10-20-16(14-18)4-11-21(25)23-20/h5-10,14H,2-4,11-13H2,1H3,(H,22,24)(H,23,25). The van der Waals surface area contributed by atoms with Crippen molar-refractivity contribution in [2.75, 3.05) is 23.0 Å². The fraction of sp³-hybridized carbons (Fsp3) is 0.333. The molecule has 0 radical (unpaired) electrons. The second kappa shape index (κ2) is 9.09. The number of aryl methyl sites for hydroxylation is 1. The monoisotopic (exact) mass is 416 g/mol. The van der Waals surface area contributed by atoms with Gasteiger partial charge in [-0.2, -0.15) is 0 Å². The van der Waals surface area contributed by atoms with Crippen molar-refractivity contribution >= 4 is 33.0 Å². The van der Waals surface area contributed by atoms with Crippen LogP contribution in [0, 0.1) is 0 Å². The van der Waals surface area contributed by atoms with Crippen molar-refractivity contribution < 1.29 is 22.7 Å². The Morgan fingerprint density at radius 3 is 2.59 bits per heavy atom. The zero-order chi connectivity index (χ0) is 20.9. The molecule has 3 rings (SSSR count). The summed E-state index contributed by atoms with van der Waals surface area (Å²) in [5, 5.41) is 5.44. The maximum absolute atomic E-state index is 12.4. The number of ether oxygens (including phenoxy) is 1. The lowest BCUT2D eigenvalue weighted by molar-refractivity contribution is -0.116. The van der Waals surface area contributed by atoms with Gasteiger partial charge in [0.05, 0.1) is 17.3 Å². The van der Waals surface area contributed by atoms with Gasteiger partial charge in [-0.05, 0) is 67.3 Å². The Balaban J connectivity index is 1.45. The molecular formula is C21H24N2O5S. The number of sulfone groups is 1. The summed E-state index contributed by atoms with van der Waals surface area (Å²) in [7, 11) is -3.38. The number of benzene rings is 2. The zero-order valence-electron chi connectivity index (χ0n) is 16.2. The summed E-state index contributed by atoms with van der Waals surface area (Å²) < 4.78 is 30.6. The van der Waals surface area contributed by atoms with Gasteiger partial charge in [-0.25, -0.2) is 8.42 Å². The molecule has 0 aliphatic carbocycles. The van der Waals surface area contributed by atoms with Crippen LogP contribution < -0.4 is 15.4 Å². The van der Waals surface area contributed by atoms with E-state index in [1.54, 1.807) is 18.2 Å². The van der Waals surface area contributed by atoms with Crippen LogP contribution in [0.5, 0.6) is 5.75 Å². The Kier molecular flexibility index (Phi) is 6.53. The Morgan fingerprint density at radius 2 is 1.86 bits per heavy atom. The molecule has 0 unspecified atom stereocenters. The molecule has 2 amide bonds. The predicted molar refractivity (Wildman–Crippen MR) is 111 cm³/mol. The molecular weight excluding hydrogens is 392 g/mol. The average molecular weight is 416 g/mol. The minimum atomic E-state index is -3.38. The van der Waals surface area contributed by atoms with Crippen molar-refractivity contribution in [2.45, 2.75) is 37.5 Å². The van der Waals surface area contributed by atoms with Crippen LogP contribution in [0.4, 0.5) is 11.4 Å². The first kappa shape index (κ1) is 20.9. The summed E-state index contributed by atoms with van der Waals surface area (Å²) in [5.74, 6) is 0.573. The Hall–Kier alpha value is -2.87. The molecule has 1 aliphatic heterocycles. The highest BCUT2D eigenvalue weighted by molar-refractivity contribution is 7.91. The highest BCUT2D eigenvalue weighted by Crippen LogP contribution is 2.27. The zero-order valence-corrected chi connectivity index (χ0v) is 17.1. The molecule has 0 aromatic heterocycles. The third-order valence-corrected chi connectivity index (χ3v) is 6.40. The smallest absolute Gasteiger partial charge is 0.224 e. The first-order chi connectivity index (χ1) is 13.8. The maximum atomic E-state index is 12.4. The second-order valence-corrected chi connectivity index (χ2v) is 9.06. The van der Waals surface area contributed by atoms with E-state index in [0.717, 1.165) is 17.0 Å². The molecule has 29 heavy (non-hydrogen) atoms. The normalized spacial score (nSPS) is 13.3. The summed E-state index contributed by atoms with van der Waals surface area (Å²) in [6.45, 7) is 1.82. The van der Waals surface area contributed by atoms with Crippen molar-refractivity contribution in [1.29, 1.82) is 0 Å². The molecule has 8 heteroatoms. The van der Waals surface area contributed by atoms with Crippen molar-refractivity contribution in [3.8, 4) is 5.75 Å². The van der Waals surface area contributed by atoms with Crippen LogP contribution in [0.3, 0.4) is 0 Å². The molecule has 2 aromatic rings. The molecule has 0 fully saturated rings. The number of nitrogens with one attached hydrogen (secondary N) is 2. The largest absolute Gasteiger partial charge is 0.494 e. The van der Waals surface area contributed by atoms with Crippen molar-refractivity contribution in [1.82, 2.24) is 0 Å². The quantitative estimate of drug-likeness (QED) is 0.644. The lowest BCUT2D eigenvalue weighted by atomic mass is 10.0. The van der Waals surface area contributed by atoms with E-state index >= 15 is 0 Å². The number of fused-ring (bicyclic) bond motifs is 1. The number of hydrogen-bond acceptors (Lipinski definition) is 5.